The summed E-state index contributed by atoms with van der Waals surface area (Å²) >= 11 is 0. The number of amides is 1. The number of furan rings is 1. The number of hydrogen-bond donors (Lipinski definition) is 0. The molecular weight excluding hydrogens is 296 g/mol. The summed E-state index contributed by atoms with van der Waals surface area (Å²) in [6.07, 6.45) is 6.33. The number of aromatic nitrogens is 3. The van der Waals surface area contributed by atoms with E-state index in [0.29, 0.717) is 18.7 Å². The van der Waals surface area contributed by atoms with Gasteiger partial charge in [-0.1, -0.05) is 5.21 Å². The van der Waals surface area contributed by atoms with Gasteiger partial charge in [0.15, 0.2) is 0 Å². The number of hydrogen-bond acceptors (Lipinski definition) is 5. The van der Waals surface area contributed by atoms with Crippen LogP contribution >= 0.6 is 0 Å². The predicted octanol–water partition coefficient (Wildman–Crippen LogP) is 1.67. The summed E-state index contributed by atoms with van der Waals surface area (Å²) in [7, 11) is 1.64. The molecule has 1 aliphatic heterocycles. The first-order chi connectivity index (χ1) is 11.3. The van der Waals surface area contributed by atoms with Crippen LogP contribution in [0.5, 0.6) is 0 Å². The first kappa shape index (κ1) is 14.4. The highest BCUT2D eigenvalue weighted by Gasteiger charge is 2.36. The first-order valence-corrected chi connectivity index (χ1v) is 8.02. The summed E-state index contributed by atoms with van der Waals surface area (Å²) in [6.45, 7) is 2.00. The topological polar surface area (TPSA) is 73.4 Å². The van der Waals surface area contributed by atoms with Crippen molar-refractivity contribution in [1.82, 2.24) is 19.9 Å². The van der Waals surface area contributed by atoms with Crippen LogP contribution in [0.3, 0.4) is 0 Å². The number of carbonyl (C=O) groups excluding carboxylic acids is 1. The van der Waals surface area contributed by atoms with E-state index in [1.807, 2.05) is 9.58 Å². The van der Waals surface area contributed by atoms with Crippen molar-refractivity contribution in [2.75, 3.05) is 20.3 Å². The molecule has 1 aliphatic carbocycles. The van der Waals surface area contributed by atoms with E-state index in [0.717, 1.165) is 30.3 Å². The third-order valence-electron chi connectivity index (χ3n) is 4.63. The second kappa shape index (κ2) is 5.81. The van der Waals surface area contributed by atoms with Gasteiger partial charge in [-0.05, 0) is 24.8 Å². The molecule has 0 saturated heterocycles. The van der Waals surface area contributed by atoms with Crippen molar-refractivity contribution in [3.8, 4) is 0 Å². The van der Waals surface area contributed by atoms with E-state index in [1.54, 1.807) is 13.2 Å². The SMILES string of the molecule is COC[C@H]1c2nnn(CC3CC3)c2CCN1C(=O)c1ccoc1. The molecular formula is C16H20N4O3. The van der Waals surface area contributed by atoms with Gasteiger partial charge >= 0.3 is 0 Å². The summed E-state index contributed by atoms with van der Waals surface area (Å²) in [5.41, 5.74) is 2.57. The molecule has 0 N–H and O–H groups in total. The molecule has 2 aliphatic rings. The van der Waals surface area contributed by atoms with E-state index in [1.165, 1.54) is 25.4 Å². The van der Waals surface area contributed by atoms with Crippen LogP contribution in [0, 0.1) is 5.92 Å². The monoisotopic (exact) mass is 316 g/mol. The van der Waals surface area contributed by atoms with Gasteiger partial charge in [0.05, 0.1) is 24.1 Å². The van der Waals surface area contributed by atoms with Crippen molar-refractivity contribution in [2.45, 2.75) is 31.8 Å². The number of ether oxygens (including phenoxy) is 1. The van der Waals surface area contributed by atoms with E-state index < -0.39 is 0 Å². The fraction of sp³-hybridized carbons (Fsp3) is 0.562. The van der Waals surface area contributed by atoms with Crippen molar-refractivity contribution in [2.24, 2.45) is 5.92 Å². The van der Waals surface area contributed by atoms with Crippen LogP contribution in [0.2, 0.25) is 0 Å². The maximum Gasteiger partial charge on any atom is 0.257 e. The van der Waals surface area contributed by atoms with Gasteiger partial charge in [-0.25, -0.2) is 4.68 Å². The lowest BCUT2D eigenvalue weighted by Gasteiger charge is -2.34. The Balaban J connectivity index is 1.62. The first-order valence-electron chi connectivity index (χ1n) is 8.02. The minimum atomic E-state index is -0.195. The largest absolute Gasteiger partial charge is 0.472 e. The van der Waals surface area contributed by atoms with Gasteiger partial charge in [-0.15, -0.1) is 5.10 Å². The van der Waals surface area contributed by atoms with Crippen molar-refractivity contribution < 1.29 is 13.9 Å². The molecule has 2 aromatic rings. The smallest absolute Gasteiger partial charge is 0.257 e. The molecule has 7 heteroatoms. The summed E-state index contributed by atoms with van der Waals surface area (Å²) < 4.78 is 12.4. The van der Waals surface area contributed by atoms with Gasteiger partial charge in [-0.3, -0.25) is 4.79 Å². The number of carbonyl (C=O) groups is 1. The van der Waals surface area contributed by atoms with E-state index in [-0.39, 0.29) is 11.9 Å². The second-order valence-corrected chi connectivity index (χ2v) is 6.28. The summed E-state index contributed by atoms with van der Waals surface area (Å²) in [6, 6.07) is 1.49. The fourth-order valence-corrected chi connectivity index (χ4v) is 3.21. The molecule has 2 aromatic heterocycles. The molecule has 1 atom stereocenters. The fourth-order valence-electron chi connectivity index (χ4n) is 3.21. The molecule has 0 radical (unpaired) electrons. The highest BCUT2D eigenvalue weighted by molar-refractivity contribution is 5.94. The molecule has 7 nitrogen and oxygen atoms in total. The minimum absolute atomic E-state index is 0.0526. The van der Waals surface area contributed by atoms with E-state index in [4.69, 9.17) is 9.15 Å². The summed E-state index contributed by atoms with van der Waals surface area (Å²) in [5.74, 6) is 0.690. The van der Waals surface area contributed by atoms with Gasteiger partial charge in [0.25, 0.3) is 5.91 Å². The van der Waals surface area contributed by atoms with Gasteiger partial charge in [0, 0.05) is 26.6 Å². The zero-order valence-electron chi connectivity index (χ0n) is 13.1. The standard InChI is InChI=1S/C16H20N4O3/c1-22-10-14-15-13(20(18-17-15)8-11-2-3-11)4-6-19(14)16(21)12-5-7-23-9-12/h5,7,9,11,14H,2-4,6,8,10H2,1H3/t14-/m0/s1. The molecule has 23 heavy (non-hydrogen) atoms. The van der Waals surface area contributed by atoms with Crippen molar-refractivity contribution in [3.05, 3.63) is 35.5 Å². The zero-order valence-corrected chi connectivity index (χ0v) is 13.1. The van der Waals surface area contributed by atoms with Crippen LogP contribution in [0.1, 0.15) is 40.6 Å². The second-order valence-electron chi connectivity index (χ2n) is 6.28. The Bertz CT molecular complexity index is 690. The normalized spacial score (nSPS) is 20.6. The Morgan fingerprint density at radius 3 is 3.04 bits per heavy atom. The highest BCUT2D eigenvalue weighted by atomic mass is 16.5. The van der Waals surface area contributed by atoms with E-state index >= 15 is 0 Å². The van der Waals surface area contributed by atoms with Crippen LogP contribution < -0.4 is 0 Å². The highest BCUT2D eigenvalue weighted by Crippen LogP contribution is 2.34. The Morgan fingerprint density at radius 1 is 1.48 bits per heavy atom. The quantitative estimate of drug-likeness (QED) is 0.839. The predicted molar refractivity (Wildman–Crippen MR) is 80.8 cm³/mol. The van der Waals surface area contributed by atoms with Crippen molar-refractivity contribution in [1.29, 1.82) is 0 Å². The Kier molecular flexibility index (Phi) is 3.65. The van der Waals surface area contributed by atoms with Crippen LogP contribution in [0.4, 0.5) is 0 Å². The Morgan fingerprint density at radius 2 is 2.35 bits per heavy atom. The molecule has 1 fully saturated rings. The third-order valence-corrected chi connectivity index (χ3v) is 4.63. The average molecular weight is 316 g/mol. The molecule has 0 bridgehead atoms. The Labute approximate surface area is 134 Å². The maximum absolute atomic E-state index is 12.7. The van der Waals surface area contributed by atoms with Gasteiger partial charge < -0.3 is 14.1 Å². The van der Waals surface area contributed by atoms with E-state index in [2.05, 4.69) is 10.3 Å². The molecule has 0 aromatic carbocycles. The number of fused-ring (bicyclic) bond motifs is 1. The van der Waals surface area contributed by atoms with Gasteiger partial charge in [0.2, 0.25) is 0 Å². The van der Waals surface area contributed by atoms with E-state index in [9.17, 15) is 4.79 Å². The van der Waals surface area contributed by atoms with Gasteiger partial charge in [-0.2, -0.15) is 0 Å². The lowest BCUT2D eigenvalue weighted by atomic mass is 10.0. The number of methoxy groups -OCH3 is 1. The van der Waals surface area contributed by atoms with Crippen molar-refractivity contribution in [3.63, 3.8) is 0 Å². The lowest BCUT2D eigenvalue weighted by Crippen LogP contribution is -2.42. The zero-order chi connectivity index (χ0) is 15.8. The minimum Gasteiger partial charge on any atom is -0.472 e. The summed E-state index contributed by atoms with van der Waals surface area (Å²) in [4.78, 5) is 14.5. The molecule has 1 saturated carbocycles. The molecule has 1 amide bonds. The van der Waals surface area contributed by atoms with Crippen LogP contribution in [-0.2, 0) is 17.7 Å². The third kappa shape index (κ3) is 2.65. The lowest BCUT2D eigenvalue weighted by molar-refractivity contribution is 0.0489. The number of rotatable bonds is 5. The number of nitrogens with zero attached hydrogens (tertiary/aromatic N) is 4. The van der Waals surface area contributed by atoms with Crippen LogP contribution in [0.25, 0.3) is 0 Å². The molecule has 3 heterocycles. The molecule has 0 spiro atoms. The van der Waals surface area contributed by atoms with Crippen molar-refractivity contribution >= 4 is 5.91 Å². The van der Waals surface area contributed by atoms with Gasteiger partial charge in [0.1, 0.15) is 18.0 Å². The molecule has 122 valence electrons. The average Bonchev–Trinajstić information content (AvgIpc) is 3.05. The van der Waals surface area contributed by atoms with Crippen LogP contribution in [0.15, 0.2) is 23.0 Å². The maximum atomic E-state index is 12.7. The van der Waals surface area contributed by atoms with Crippen LogP contribution in [-0.4, -0.2) is 46.1 Å². The Hall–Kier alpha value is -2.15. The molecule has 4 rings (SSSR count). The molecule has 0 unspecified atom stereocenters. The summed E-state index contributed by atoms with van der Waals surface area (Å²) in [5, 5.41) is 8.69.